The van der Waals surface area contributed by atoms with E-state index in [-0.39, 0.29) is 6.61 Å². The summed E-state index contributed by atoms with van der Waals surface area (Å²) in [7, 11) is 0. The summed E-state index contributed by atoms with van der Waals surface area (Å²) >= 11 is 0. The second kappa shape index (κ2) is 6.17. The van der Waals surface area contributed by atoms with E-state index in [1.54, 1.807) is 0 Å². The van der Waals surface area contributed by atoms with Crippen LogP contribution in [0.15, 0.2) is 11.6 Å². The lowest BCUT2D eigenvalue weighted by atomic mass is 10.1. The van der Waals surface area contributed by atoms with Crippen molar-refractivity contribution in [3.63, 3.8) is 0 Å². The molecule has 0 spiro atoms. The van der Waals surface area contributed by atoms with Gasteiger partial charge in [-0.25, -0.2) is 0 Å². The molecular weight excluding hydrogens is 176 g/mol. The average molecular weight is 198 g/mol. The first-order chi connectivity index (χ1) is 6.74. The topological polar surface area (TPSA) is 35.5 Å². The number of hydrogen-bond acceptors (Lipinski definition) is 3. The van der Waals surface area contributed by atoms with E-state index in [1.807, 2.05) is 0 Å². The van der Waals surface area contributed by atoms with Gasteiger partial charge in [0.25, 0.3) is 0 Å². The van der Waals surface area contributed by atoms with Gasteiger partial charge in [-0.15, -0.1) is 0 Å². The third-order valence-electron chi connectivity index (χ3n) is 2.67. The fourth-order valence-corrected chi connectivity index (χ4v) is 1.78. The Balaban J connectivity index is 2.41. The van der Waals surface area contributed by atoms with Crippen LogP contribution in [-0.4, -0.2) is 48.8 Å². The Morgan fingerprint density at radius 3 is 3.00 bits per heavy atom. The Morgan fingerprint density at radius 2 is 2.36 bits per heavy atom. The van der Waals surface area contributed by atoms with E-state index in [2.05, 4.69) is 30.1 Å². The van der Waals surface area contributed by atoms with Gasteiger partial charge in [0.15, 0.2) is 0 Å². The first-order valence-electron chi connectivity index (χ1n) is 5.43. The molecule has 1 saturated heterocycles. The molecule has 14 heavy (non-hydrogen) atoms. The number of aliphatic hydroxyl groups is 1. The van der Waals surface area contributed by atoms with Crippen LogP contribution in [0.3, 0.4) is 0 Å². The maximum Gasteiger partial charge on any atom is 0.0446 e. The summed E-state index contributed by atoms with van der Waals surface area (Å²) in [4.78, 5) is 2.44. The fourth-order valence-electron chi connectivity index (χ4n) is 1.78. The molecule has 1 atom stereocenters. The van der Waals surface area contributed by atoms with Gasteiger partial charge in [-0.3, -0.25) is 4.90 Å². The predicted molar refractivity (Wildman–Crippen MR) is 59.4 cm³/mol. The smallest absolute Gasteiger partial charge is 0.0446 e. The van der Waals surface area contributed by atoms with Gasteiger partial charge in [0.05, 0.1) is 0 Å². The van der Waals surface area contributed by atoms with Gasteiger partial charge >= 0.3 is 0 Å². The van der Waals surface area contributed by atoms with Crippen LogP contribution in [0.1, 0.15) is 20.3 Å². The number of aliphatic hydroxyl groups excluding tert-OH is 1. The molecule has 0 aromatic rings. The van der Waals surface area contributed by atoms with Crippen LogP contribution in [0.25, 0.3) is 0 Å². The maximum atomic E-state index is 8.94. The quantitative estimate of drug-likeness (QED) is 0.650. The first kappa shape index (κ1) is 11.7. The summed E-state index contributed by atoms with van der Waals surface area (Å²) in [6.07, 6.45) is 3.14. The van der Waals surface area contributed by atoms with E-state index in [4.69, 9.17) is 5.11 Å². The lowest BCUT2D eigenvalue weighted by molar-refractivity contribution is 0.143. The molecule has 82 valence electrons. The number of allylic oxidation sites excluding steroid dienone is 1. The van der Waals surface area contributed by atoms with Crippen LogP contribution >= 0.6 is 0 Å². The van der Waals surface area contributed by atoms with Crippen molar-refractivity contribution in [1.82, 2.24) is 10.2 Å². The zero-order chi connectivity index (χ0) is 10.4. The van der Waals surface area contributed by atoms with Gasteiger partial charge in [-0.2, -0.15) is 0 Å². The third-order valence-corrected chi connectivity index (χ3v) is 2.67. The molecule has 0 radical (unpaired) electrons. The first-order valence-corrected chi connectivity index (χ1v) is 5.43. The minimum Gasteiger partial charge on any atom is -0.396 e. The van der Waals surface area contributed by atoms with Crippen molar-refractivity contribution in [3.8, 4) is 0 Å². The van der Waals surface area contributed by atoms with Crippen LogP contribution in [0.5, 0.6) is 0 Å². The van der Waals surface area contributed by atoms with Crippen molar-refractivity contribution in [3.05, 3.63) is 11.6 Å². The Labute approximate surface area is 86.8 Å². The van der Waals surface area contributed by atoms with Gasteiger partial charge in [-0.1, -0.05) is 11.6 Å². The molecule has 0 amide bonds. The predicted octanol–water partition coefficient (Wildman–Crippen LogP) is 0.609. The summed E-state index contributed by atoms with van der Waals surface area (Å²) < 4.78 is 0. The molecule has 1 fully saturated rings. The molecule has 1 heterocycles. The van der Waals surface area contributed by atoms with E-state index in [0.717, 1.165) is 32.6 Å². The zero-order valence-corrected chi connectivity index (χ0v) is 9.29. The van der Waals surface area contributed by atoms with Gasteiger partial charge < -0.3 is 10.4 Å². The van der Waals surface area contributed by atoms with Crippen molar-refractivity contribution in [2.75, 3.05) is 32.8 Å². The van der Waals surface area contributed by atoms with Crippen molar-refractivity contribution >= 4 is 0 Å². The highest BCUT2D eigenvalue weighted by atomic mass is 16.3. The SMILES string of the molecule is CC(C)=CCN1CCNC[C@@H]1CCO. The monoisotopic (exact) mass is 198 g/mol. The summed E-state index contributed by atoms with van der Waals surface area (Å²) in [5.41, 5.74) is 1.37. The van der Waals surface area contributed by atoms with Crippen molar-refractivity contribution in [1.29, 1.82) is 0 Å². The van der Waals surface area contributed by atoms with Crippen LogP contribution in [-0.2, 0) is 0 Å². The largest absolute Gasteiger partial charge is 0.396 e. The molecular formula is C11H22N2O. The average Bonchev–Trinajstić information content (AvgIpc) is 2.17. The van der Waals surface area contributed by atoms with E-state index < -0.39 is 0 Å². The van der Waals surface area contributed by atoms with E-state index in [0.29, 0.717) is 6.04 Å². The Kier molecular flexibility index (Phi) is 5.15. The number of piperazine rings is 1. The number of hydrogen-bond donors (Lipinski definition) is 2. The van der Waals surface area contributed by atoms with Crippen molar-refractivity contribution in [2.45, 2.75) is 26.3 Å². The fraction of sp³-hybridized carbons (Fsp3) is 0.818. The molecule has 3 nitrogen and oxygen atoms in total. The number of nitrogens with one attached hydrogen (secondary N) is 1. The lowest BCUT2D eigenvalue weighted by Gasteiger charge is -2.35. The Bertz CT molecular complexity index is 186. The van der Waals surface area contributed by atoms with Crippen molar-refractivity contribution in [2.24, 2.45) is 0 Å². The Hall–Kier alpha value is -0.380. The molecule has 0 aliphatic carbocycles. The summed E-state index contributed by atoms with van der Waals surface area (Å²) in [6, 6.07) is 0.504. The van der Waals surface area contributed by atoms with Gasteiger partial charge in [0.1, 0.15) is 0 Å². The van der Waals surface area contributed by atoms with E-state index in [9.17, 15) is 0 Å². The van der Waals surface area contributed by atoms with E-state index in [1.165, 1.54) is 5.57 Å². The maximum absolute atomic E-state index is 8.94. The van der Waals surface area contributed by atoms with Gasteiger partial charge in [0, 0.05) is 38.8 Å². The highest BCUT2D eigenvalue weighted by molar-refractivity contribution is 4.96. The molecule has 1 rings (SSSR count). The normalized spacial score (nSPS) is 23.5. The Morgan fingerprint density at radius 1 is 1.57 bits per heavy atom. The third kappa shape index (κ3) is 3.78. The molecule has 3 heteroatoms. The highest BCUT2D eigenvalue weighted by Crippen LogP contribution is 2.07. The minimum absolute atomic E-state index is 0.289. The lowest BCUT2D eigenvalue weighted by Crippen LogP contribution is -2.51. The molecule has 0 unspecified atom stereocenters. The summed E-state index contributed by atoms with van der Waals surface area (Å²) in [5, 5.41) is 12.3. The zero-order valence-electron chi connectivity index (χ0n) is 9.29. The number of nitrogens with zero attached hydrogens (tertiary/aromatic N) is 1. The molecule has 0 aromatic heterocycles. The van der Waals surface area contributed by atoms with Crippen molar-refractivity contribution < 1.29 is 5.11 Å². The van der Waals surface area contributed by atoms with Crippen LogP contribution < -0.4 is 5.32 Å². The highest BCUT2D eigenvalue weighted by Gasteiger charge is 2.19. The van der Waals surface area contributed by atoms with Crippen LogP contribution in [0, 0.1) is 0 Å². The molecule has 1 aliphatic heterocycles. The standard InChI is InChI=1S/C11H22N2O/c1-10(2)3-6-13-7-5-12-9-11(13)4-8-14/h3,11-12,14H,4-9H2,1-2H3/t11-/m0/s1. The number of rotatable bonds is 4. The molecule has 0 bridgehead atoms. The summed E-state index contributed by atoms with van der Waals surface area (Å²) in [5.74, 6) is 0. The van der Waals surface area contributed by atoms with Gasteiger partial charge in [0.2, 0.25) is 0 Å². The molecule has 0 saturated carbocycles. The van der Waals surface area contributed by atoms with Crippen LogP contribution in [0.4, 0.5) is 0 Å². The second-order valence-electron chi connectivity index (χ2n) is 4.15. The summed E-state index contributed by atoms with van der Waals surface area (Å²) in [6.45, 7) is 8.74. The van der Waals surface area contributed by atoms with Crippen LogP contribution in [0.2, 0.25) is 0 Å². The molecule has 2 N–H and O–H groups in total. The van der Waals surface area contributed by atoms with E-state index >= 15 is 0 Å². The minimum atomic E-state index is 0.289. The molecule has 1 aliphatic rings. The molecule has 0 aromatic carbocycles. The van der Waals surface area contributed by atoms with Gasteiger partial charge in [-0.05, 0) is 20.3 Å². The second-order valence-corrected chi connectivity index (χ2v) is 4.15.